The zero-order chi connectivity index (χ0) is 18.2. The van der Waals surface area contributed by atoms with E-state index in [4.69, 9.17) is 0 Å². The molecule has 2 aliphatic heterocycles. The van der Waals surface area contributed by atoms with Gasteiger partial charge < -0.3 is 5.11 Å². The molecule has 0 saturated carbocycles. The maximum atomic E-state index is 11.0. The highest BCUT2D eigenvalue weighted by molar-refractivity contribution is 5.98. The smallest absolute Gasteiger partial charge is 0.251 e. The normalized spacial score (nSPS) is 16.8. The first-order valence-electron chi connectivity index (χ1n) is 9.43. The summed E-state index contributed by atoms with van der Waals surface area (Å²) in [5, 5.41) is 13.5. The number of aromatic hydroxyl groups is 1. The minimum atomic E-state index is 0.177. The van der Waals surface area contributed by atoms with Crippen molar-refractivity contribution in [3.8, 4) is 5.88 Å². The second-order valence-electron chi connectivity index (χ2n) is 7.06. The van der Waals surface area contributed by atoms with Gasteiger partial charge in [0.2, 0.25) is 5.88 Å². The van der Waals surface area contributed by atoms with E-state index in [0.29, 0.717) is 18.3 Å². The fourth-order valence-electron chi connectivity index (χ4n) is 3.87. The van der Waals surface area contributed by atoms with Crippen LogP contribution in [0.25, 0.3) is 10.9 Å². The molecule has 0 radical (unpaired) electrons. The molecule has 2 aliphatic rings. The van der Waals surface area contributed by atoms with Crippen LogP contribution in [-0.4, -0.2) is 33.6 Å². The number of hydrogen-bond donors (Lipinski definition) is 1. The van der Waals surface area contributed by atoms with Gasteiger partial charge in [0.05, 0.1) is 22.9 Å². The second kappa shape index (κ2) is 6.63. The van der Waals surface area contributed by atoms with Crippen molar-refractivity contribution < 1.29 is 5.11 Å². The lowest BCUT2D eigenvalue weighted by Gasteiger charge is -2.27. The minimum Gasteiger partial charge on any atom is -0.493 e. The van der Waals surface area contributed by atoms with Gasteiger partial charge in [-0.1, -0.05) is 36.8 Å². The van der Waals surface area contributed by atoms with E-state index in [2.05, 4.69) is 19.9 Å². The molecule has 3 heterocycles. The van der Waals surface area contributed by atoms with Crippen LogP contribution in [0.3, 0.4) is 0 Å². The molecule has 136 valence electrons. The molecule has 0 amide bonds. The predicted octanol–water partition coefficient (Wildman–Crippen LogP) is 2.73. The molecule has 1 N–H and O–H groups in total. The third-order valence-electron chi connectivity index (χ3n) is 5.24. The SMILES string of the molecule is Oc1c(N=C2N=c3ccccc3=N2)c2ccccc2n1CN1CCCCC1. The average Bonchev–Trinajstić information content (AvgIpc) is 3.23. The Morgan fingerprint density at radius 2 is 1.56 bits per heavy atom. The van der Waals surface area contributed by atoms with Gasteiger partial charge in [0.15, 0.2) is 0 Å². The molecule has 27 heavy (non-hydrogen) atoms. The van der Waals surface area contributed by atoms with E-state index in [1.165, 1.54) is 19.3 Å². The second-order valence-corrected chi connectivity index (χ2v) is 7.06. The standard InChI is InChI=1S/C21H21N5O/c27-20-19(24-21-22-16-9-3-4-10-17(16)23-21)15-8-2-5-11-18(15)26(20)14-25-12-6-1-7-13-25/h2-5,8-11,27H,1,6-7,12-14H2. The molecular formula is C21H21N5O. The van der Waals surface area contributed by atoms with Gasteiger partial charge in [-0.25, -0.2) is 15.0 Å². The molecule has 1 aromatic heterocycles. The lowest BCUT2D eigenvalue weighted by Crippen LogP contribution is -2.31. The third-order valence-corrected chi connectivity index (χ3v) is 5.24. The largest absolute Gasteiger partial charge is 0.493 e. The first kappa shape index (κ1) is 16.2. The Labute approximate surface area is 156 Å². The number of guanidine groups is 1. The quantitative estimate of drug-likeness (QED) is 0.781. The van der Waals surface area contributed by atoms with Crippen LogP contribution >= 0.6 is 0 Å². The maximum absolute atomic E-state index is 11.0. The van der Waals surface area contributed by atoms with Crippen LogP contribution < -0.4 is 10.7 Å². The zero-order valence-corrected chi connectivity index (χ0v) is 15.0. The Bertz CT molecular complexity index is 1120. The van der Waals surface area contributed by atoms with Crippen LogP contribution in [0, 0.1) is 0 Å². The number of aromatic nitrogens is 1. The van der Waals surface area contributed by atoms with Crippen molar-refractivity contribution in [3.63, 3.8) is 0 Å². The fraction of sp³-hybridized carbons (Fsp3) is 0.286. The van der Waals surface area contributed by atoms with Gasteiger partial charge >= 0.3 is 0 Å². The van der Waals surface area contributed by atoms with E-state index in [1.807, 2.05) is 53.1 Å². The Morgan fingerprint density at radius 3 is 2.30 bits per heavy atom. The van der Waals surface area contributed by atoms with Crippen molar-refractivity contribution in [2.45, 2.75) is 25.9 Å². The van der Waals surface area contributed by atoms with Crippen LogP contribution in [0.2, 0.25) is 0 Å². The maximum Gasteiger partial charge on any atom is 0.251 e. The summed E-state index contributed by atoms with van der Waals surface area (Å²) < 4.78 is 1.95. The van der Waals surface area contributed by atoms with Crippen molar-refractivity contribution in [1.29, 1.82) is 0 Å². The summed E-state index contributed by atoms with van der Waals surface area (Å²) in [5.41, 5.74) is 1.52. The highest BCUT2D eigenvalue weighted by Crippen LogP contribution is 2.39. The van der Waals surface area contributed by atoms with Crippen molar-refractivity contribution in [1.82, 2.24) is 9.47 Å². The summed E-state index contributed by atoms with van der Waals surface area (Å²) >= 11 is 0. The van der Waals surface area contributed by atoms with Crippen molar-refractivity contribution in [2.75, 3.05) is 13.1 Å². The fourth-order valence-corrected chi connectivity index (χ4v) is 3.87. The van der Waals surface area contributed by atoms with Crippen molar-refractivity contribution >= 4 is 22.5 Å². The van der Waals surface area contributed by atoms with Gasteiger partial charge in [0.25, 0.3) is 5.96 Å². The number of likely N-dealkylation sites (tertiary alicyclic amines) is 1. The molecule has 0 unspecified atom stereocenters. The monoisotopic (exact) mass is 359 g/mol. The molecule has 1 saturated heterocycles. The van der Waals surface area contributed by atoms with Crippen LogP contribution in [-0.2, 0) is 6.67 Å². The summed E-state index contributed by atoms with van der Waals surface area (Å²) in [6, 6.07) is 15.7. The van der Waals surface area contributed by atoms with E-state index in [-0.39, 0.29) is 5.88 Å². The number of aliphatic imine (C=N–C) groups is 1. The molecule has 5 rings (SSSR count). The van der Waals surface area contributed by atoms with E-state index in [1.54, 1.807) is 0 Å². The van der Waals surface area contributed by atoms with E-state index in [0.717, 1.165) is 34.7 Å². The summed E-state index contributed by atoms with van der Waals surface area (Å²) in [7, 11) is 0. The zero-order valence-electron chi connectivity index (χ0n) is 15.0. The average molecular weight is 359 g/mol. The highest BCUT2D eigenvalue weighted by atomic mass is 16.3. The molecule has 6 nitrogen and oxygen atoms in total. The summed E-state index contributed by atoms with van der Waals surface area (Å²) in [5.74, 6) is 0.558. The van der Waals surface area contributed by atoms with Crippen LogP contribution in [0.15, 0.2) is 63.5 Å². The topological polar surface area (TPSA) is 65.5 Å². The van der Waals surface area contributed by atoms with Crippen molar-refractivity contribution in [2.24, 2.45) is 15.0 Å². The lowest BCUT2D eigenvalue weighted by atomic mass is 10.1. The van der Waals surface area contributed by atoms with E-state index < -0.39 is 0 Å². The molecule has 3 aromatic rings. The Kier molecular flexibility index (Phi) is 3.98. The summed E-state index contributed by atoms with van der Waals surface area (Å²) in [6.07, 6.45) is 3.72. The Morgan fingerprint density at radius 1 is 0.889 bits per heavy atom. The van der Waals surface area contributed by atoms with Gasteiger partial charge in [0, 0.05) is 5.39 Å². The Hall–Kier alpha value is -2.99. The van der Waals surface area contributed by atoms with Crippen molar-refractivity contribution in [3.05, 3.63) is 59.2 Å². The summed E-state index contributed by atoms with van der Waals surface area (Å²) in [6.45, 7) is 2.80. The number of para-hydroxylation sites is 3. The van der Waals surface area contributed by atoms with Crippen LogP contribution in [0.4, 0.5) is 5.69 Å². The number of benzene rings is 2. The van der Waals surface area contributed by atoms with Gasteiger partial charge in [-0.3, -0.25) is 9.47 Å². The molecule has 0 atom stereocenters. The summed E-state index contributed by atoms with van der Waals surface area (Å²) in [4.78, 5) is 15.9. The molecule has 0 spiro atoms. The van der Waals surface area contributed by atoms with E-state index >= 15 is 0 Å². The number of piperidine rings is 1. The van der Waals surface area contributed by atoms with Crippen LogP contribution in [0.1, 0.15) is 19.3 Å². The number of fused-ring (bicyclic) bond motifs is 2. The molecule has 0 bridgehead atoms. The first-order valence-corrected chi connectivity index (χ1v) is 9.43. The number of nitrogens with zero attached hydrogens (tertiary/aromatic N) is 5. The first-order chi connectivity index (χ1) is 13.3. The van der Waals surface area contributed by atoms with Gasteiger partial charge in [-0.05, 0) is 44.1 Å². The molecular weight excluding hydrogens is 338 g/mol. The Balaban J connectivity index is 1.60. The predicted molar refractivity (Wildman–Crippen MR) is 105 cm³/mol. The molecule has 1 fully saturated rings. The highest BCUT2D eigenvalue weighted by Gasteiger charge is 2.20. The number of rotatable bonds is 3. The van der Waals surface area contributed by atoms with Gasteiger partial charge in [-0.15, -0.1) is 0 Å². The van der Waals surface area contributed by atoms with Crippen LogP contribution in [0.5, 0.6) is 5.88 Å². The number of hydrogen-bond acceptors (Lipinski definition) is 3. The van der Waals surface area contributed by atoms with Gasteiger partial charge in [-0.2, -0.15) is 0 Å². The molecule has 2 aromatic carbocycles. The molecule has 0 aliphatic carbocycles. The third kappa shape index (κ3) is 2.92. The minimum absolute atomic E-state index is 0.177. The van der Waals surface area contributed by atoms with E-state index in [9.17, 15) is 5.11 Å². The molecule has 6 heteroatoms. The van der Waals surface area contributed by atoms with Gasteiger partial charge in [0.1, 0.15) is 5.69 Å². The lowest BCUT2D eigenvalue weighted by molar-refractivity contribution is 0.178.